The van der Waals surface area contributed by atoms with Crippen LogP contribution in [0.4, 0.5) is 0 Å². The zero-order valence-electron chi connectivity index (χ0n) is 18.9. The predicted molar refractivity (Wildman–Crippen MR) is 120 cm³/mol. The molecule has 0 heterocycles. The largest absolute Gasteiger partial charge is 0.497 e. The van der Waals surface area contributed by atoms with Crippen LogP contribution in [-0.4, -0.2) is 50.6 Å². The number of ether oxygens (including phenoxy) is 3. The maximum absolute atomic E-state index is 13.3. The first-order valence-corrected chi connectivity index (χ1v) is 10.3. The molecule has 0 aliphatic carbocycles. The molecule has 0 spiro atoms. The van der Waals surface area contributed by atoms with E-state index in [9.17, 15) is 9.59 Å². The molecule has 168 valence electrons. The van der Waals surface area contributed by atoms with Crippen molar-refractivity contribution < 1.29 is 23.8 Å². The molecule has 2 aromatic rings. The number of benzene rings is 2. The molecule has 1 unspecified atom stereocenters. The molecule has 0 aliphatic heterocycles. The highest BCUT2D eigenvalue weighted by Gasteiger charge is 2.26. The van der Waals surface area contributed by atoms with Gasteiger partial charge >= 0.3 is 0 Å². The monoisotopic (exact) mass is 428 g/mol. The fourth-order valence-corrected chi connectivity index (χ4v) is 3.17. The first-order chi connectivity index (χ1) is 14.9. The molecule has 2 aromatic carbocycles. The van der Waals surface area contributed by atoms with Crippen molar-refractivity contribution in [2.45, 2.75) is 39.3 Å². The summed E-state index contributed by atoms with van der Waals surface area (Å²) in [4.78, 5) is 27.5. The van der Waals surface area contributed by atoms with Gasteiger partial charge in [0, 0.05) is 13.1 Å². The van der Waals surface area contributed by atoms with E-state index in [1.807, 2.05) is 37.3 Å². The summed E-state index contributed by atoms with van der Waals surface area (Å²) in [6, 6.07) is 12.2. The van der Waals surface area contributed by atoms with Crippen molar-refractivity contribution in [1.29, 1.82) is 0 Å². The van der Waals surface area contributed by atoms with Crippen LogP contribution >= 0.6 is 0 Å². The quantitative estimate of drug-likeness (QED) is 0.595. The Labute approximate surface area is 184 Å². The molecule has 1 N–H and O–H groups in total. The second kappa shape index (κ2) is 11.8. The Hall–Kier alpha value is -3.22. The summed E-state index contributed by atoms with van der Waals surface area (Å²) >= 11 is 0. The number of amides is 2. The van der Waals surface area contributed by atoms with Gasteiger partial charge in [0.15, 0.2) is 11.5 Å². The van der Waals surface area contributed by atoms with Crippen molar-refractivity contribution >= 4 is 11.8 Å². The van der Waals surface area contributed by atoms with Crippen molar-refractivity contribution in [3.8, 4) is 17.2 Å². The Morgan fingerprint density at radius 3 is 2.16 bits per heavy atom. The van der Waals surface area contributed by atoms with E-state index in [1.54, 1.807) is 45.3 Å². The Morgan fingerprint density at radius 1 is 0.935 bits per heavy atom. The maximum Gasteiger partial charge on any atom is 0.242 e. The van der Waals surface area contributed by atoms with Crippen LogP contribution in [0.2, 0.25) is 0 Å². The van der Waals surface area contributed by atoms with Gasteiger partial charge in [0.25, 0.3) is 0 Å². The van der Waals surface area contributed by atoms with Gasteiger partial charge in [0.1, 0.15) is 11.8 Å². The molecule has 1 atom stereocenters. The van der Waals surface area contributed by atoms with E-state index in [-0.39, 0.29) is 18.2 Å². The van der Waals surface area contributed by atoms with Gasteiger partial charge < -0.3 is 24.4 Å². The summed E-state index contributed by atoms with van der Waals surface area (Å²) in [7, 11) is 4.73. The molecule has 2 amide bonds. The smallest absolute Gasteiger partial charge is 0.242 e. The highest BCUT2D eigenvalue weighted by atomic mass is 16.5. The lowest BCUT2D eigenvalue weighted by Gasteiger charge is -2.29. The Morgan fingerprint density at radius 2 is 1.58 bits per heavy atom. The molecule has 31 heavy (non-hydrogen) atoms. The first-order valence-electron chi connectivity index (χ1n) is 10.3. The minimum Gasteiger partial charge on any atom is -0.497 e. The van der Waals surface area contributed by atoms with Crippen molar-refractivity contribution in [3.63, 3.8) is 0 Å². The lowest BCUT2D eigenvalue weighted by Crippen LogP contribution is -2.48. The van der Waals surface area contributed by atoms with E-state index in [4.69, 9.17) is 14.2 Å². The number of rotatable bonds is 11. The molecule has 7 heteroatoms. The normalized spacial score (nSPS) is 11.4. The van der Waals surface area contributed by atoms with Crippen LogP contribution < -0.4 is 19.5 Å². The summed E-state index contributed by atoms with van der Waals surface area (Å²) in [5.41, 5.74) is 1.69. The number of hydrogen-bond acceptors (Lipinski definition) is 5. The maximum atomic E-state index is 13.3. The van der Waals surface area contributed by atoms with Gasteiger partial charge in [0.2, 0.25) is 11.8 Å². The Balaban J connectivity index is 2.24. The molecule has 0 bridgehead atoms. The summed E-state index contributed by atoms with van der Waals surface area (Å²) in [5.74, 6) is 1.57. The third-order valence-electron chi connectivity index (χ3n) is 5.03. The zero-order chi connectivity index (χ0) is 22.8. The molecule has 2 rings (SSSR count). The van der Waals surface area contributed by atoms with E-state index < -0.39 is 6.04 Å². The van der Waals surface area contributed by atoms with Crippen LogP contribution in [-0.2, 0) is 22.6 Å². The summed E-state index contributed by atoms with van der Waals surface area (Å²) in [6.45, 7) is 4.63. The standard InChI is InChI=1S/C24H32N2O5/c1-6-13-25-24(28)17(2)26(16-18-7-10-20(29-3)11-8-18)23(27)15-19-9-12-21(30-4)22(14-19)31-5/h7-12,14,17H,6,13,15-16H2,1-5H3,(H,25,28). The van der Waals surface area contributed by atoms with Gasteiger partial charge in [-0.05, 0) is 48.7 Å². The van der Waals surface area contributed by atoms with Gasteiger partial charge in [-0.1, -0.05) is 25.1 Å². The lowest BCUT2D eigenvalue weighted by atomic mass is 10.1. The third-order valence-corrected chi connectivity index (χ3v) is 5.03. The van der Waals surface area contributed by atoms with Gasteiger partial charge in [-0.15, -0.1) is 0 Å². The number of hydrogen-bond donors (Lipinski definition) is 1. The van der Waals surface area contributed by atoms with Crippen LogP contribution in [0.3, 0.4) is 0 Å². The molecular weight excluding hydrogens is 396 g/mol. The van der Waals surface area contributed by atoms with Crippen molar-refractivity contribution in [3.05, 3.63) is 53.6 Å². The van der Waals surface area contributed by atoms with Gasteiger partial charge in [-0.25, -0.2) is 0 Å². The minimum atomic E-state index is -0.610. The minimum absolute atomic E-state index is 0.141. The fraction of sp³-hybridized carbons (Fsp3) is 0.417. The average Bonchev–Trinajstić information content (AvgIpc) is 2.80. The van der Waals surface area contributed by atoms with Gasteiger partial charge in [-0.3, -0.25) is 9.59 Å². The molecule has 0 radical (unpaired) electrons. The van der Waals surface area contributed by atoms with E-state index in [0.29, 0.717) is 24.6 Å². The van der Waals surface area contributed by atoms with E-state index in [2.05, 4.69) is 5.32 Å². The number of nitrogens with one attached hydrogen (secondary N) is 1. The zero-order valence-corrected chi connectivity index (χ0v) is 18.9. The second-order valence-corrected chi connectivity index (χ2v) is 7.20. The van der Waals surface area contributed by atoms with Crippen LogP contribution in [0, 0.1) is 0 Å². The van der Waals surface area contributed by atoms with Gasteiger partial charge in [-0.2, -0.15) is 0 Å². The first kappa shape index (κ1) is 24.1. The molecule has 7 nitrogen and oxygen atoms in total. The number of carbonyl (C=O) groups is 2. The number of nitrogens with zero attached hydrogens (tertiary/aromatic N) is 1. The van der Waals surface area contributed by atoms with Crippen molar-refractivity contribution in [2.24, 2.45) is 0 Å². The van der Waals surface area contributed by atoms with Crippen LogP contribution in [0.5, 0.6) is 17.2 Å². The Kier molecular flexibility index (Phi) is 9.18. The topological polar surface area (TPSA) is 77.1 Å². The predicted octanol–water partition coefficient (Wildman–Crippen LogP) is 3.20. The number of methoxy groups -OCH3 is 3. The third kappa shape index (κ3) is 6.64. The van der Waals surface area contributed by atoms with Crippen molar-refractivity contribution in [2.75, 3.05) is 27.9 Å². The lowest BCUT2D eigenvalue weighted by molar-refractivity contribution is -0.140. The van der Waals surface area contributed by atoms with Crippen molar-refractivity contribution in [1.82, 2.24) is 10.2 Å². The SMILES string of the molecule is CCCNC(=O)C(C)N(Cc1ccc(OC)cc1)C(=O)Cc1ccc(OC)c(OC)c1. The van der Waals surface area contributed by atoms with E-state index >= 15 is 0 Å². The number of carbonyl (C=O) groups excluding carboxylic acids is 2. The fourth-order valence-electron chi connectivity index (χ4n) is 3.17. The molecule has 0 fully saturated rings. The molecule has 0 saturated carbocycles. The summed E-state index contributed by atoms with van der Waals surface area (Å²) < 4.78 is 15.8. The molecule has 0 aromatic heterocycles. The summed E-state index contributed by atoms with van der Waals surface area (Å²) in [5, 5.41) is 2.88. The van der Waals surface area contributed by atoms with Crippen LogP contribution in [0.15, 0.2) is 42.5 Å². The molecule has 0 aliphatic rings. The average molecular weight is 429 g/mol. The van der Waals surface area contributed by atoms with Crippen LogP contribution in [0.25, 0.3) is 0 Å². The van der Waals surface area contributed by atoms with E-state index in [1.165, 1.54) is 0 Å². The second-order valence-electron chi connectivity index (χ2n) is 7.20. The highest BCUT2D eigenvalue weighted by Crippen LogP contribution is 2.28. The van der Waals surface area contributed by atoms with E-state index in [0.717, 1.165) is 23.3 Å². The highest BCUT2D eigenvalue weighted by molar-refractivity contribution is 5.88. The molecule has 0 saturated heterocycles. The van der Waals surface area contributed by atoms with Crippen LogP contribution in [0.1, 0.15) is 31.4 Å². The molecular formula is C24H32N2O5. The Bertz CT molecular complexity index is 867. The van der Waals surface area contributed by atoms with Gasteiger partial charge in [0.05, 0.1) is 27.8 Å². The summed E-state index contributed by atoms with van der Waals surface area (Å²) in [6.07, 6.45) is 0.971.